The fourth-order valence-electron chi connectivity index (χ4n) is 2.01. The molecule has 0 radical (unpaired) electrons. The van der Waals surface area contributed by atoms with E-state index in [1.807, 2.05) is 26.0 Å². The number of thioether (sulfide) groups is 1. The lowest BCUT2D eigenvalue weighted by Gasteiger charge is -2.11. The third-order valence-electron chi connectivity index (χ3n) is 3.42. The number of hydrogen-bond donors (Lipinski definition) is 0. The van der Waals surface area contributed by atoms with Crippen LogP contribution in [0.25, 0.3) is 0 Å². The van der Waals surface area contributed by atoms with Gasteiger partial charge in [-0.3, -0.25) is 9.36 Å². The van der Waals surface area contributed by atoms with Gasteiger partial charge in [0.05, 0.1) is 18.4 Å². The van der Waals surface area contributed by atoms with Gasteiger partial charge in [-0.1, -0.05) is 37.7 Å². The molecule has 0 saturated heterocycles. The van der Waals surface area contributed by atoms with Crippen LogP contribution >= 0.6 is 11.8 Å². The molecule has 5 nitrogen and oxygen atoms in total. The summed E-state index contributed by atoms with van der Waals surface area (Å²) in [6.07, 6.45) is 0. The molecule has 0 aliphatic heterocycles. The Bertz CT molecular complexity index is 769. The highest BCUT2D eigenvalue weighted by atomic mass is 32.2. The number of ether oxygens (including phenoxy) is 1. The van der Waals surface area contributed by atoms with Crippen molar-refractivity contribution in [3.8, 4) is 0 Å². The van der Waals surface area contributed by atoms with Gasteiger partial charge in [0.2, 0.25) is 0 Å². The van der Waals surface area contributed by atoms with Crippen LogP contribution in [0.15, 0.2) is 40.3 Å². The predicted octanol–water partition coefficient (Wildman–Crippen LogP) is 2.98. The van der Waals surface area contributed by atoms with E-state index in [9.17, 15) is 9.59 Å². The van der Waals surface area contributed by atoms with Crippen molar-refractivity contribution >= 4 is 17.7 Å². The Morgan fingerprint density at radius 1 is 1.35 bits per heavy atom. The molecule has 0 bridgehead atoms. The van der Waals surface area contributed by atoms with E-state index in [2.05, 4.69) is 4.98 Å². The van der Waals surface area contributed by atoms with Gasteiger partial charge in [0.25, 0.3) is 5.56 Å². The summed E-state index contributed by atoms with van der Waals surface area (Å²) in [6, 6.07) is 8.84. The van der Waals surface area contributed by atoms with Crippen molar-refractivity contribution < 1.29 is 9.53 Å². The van der Waals surface area contributed by atoms with Gasteiger partial charge >= 0.3 is 5.97 Å². The van der Waals surface area contributed by atoms with Crippen molar-refractivity contribution in [2.45, 2.75) is 30.7 Å². The van der Waals surface area contributed by atoms with Crippen molar-refractivity contribution in [3.05, 3.63) is 57.5 Å². The summed E-state index contributed by atoms with van der Waals surface area (Å²) in [5, 5.41) is 0.671. The molecule has 0 atom stereocenters. The summed E-state index contributed by atoms with van der Waals surface area (Å²) < 4.78 is 6.27. The molecule has 6 heteroatoms. The van der Waals surface area contributed by atoms with E-state index in [0.717, 1.165) is 11.3 Å². The highest BCUT2D eigenvalue weighted by Gasteiger charge is 2.10. The van der Waals surface area contributed by atoms with Gasteiger partial charge in [0, 0.05) is 18.9 Å². The molecule has 0 spiro atoms. The monoisotopic (exact) mass is 332 g/mol. The standard InChI is InChI=1S/C17H20N2O3S/c1-11(2)14-9-15(20)19(3)17(18-14)23-10-12-6-5-7-13(8-12)16(21)22-4/h5-9,11H,10H2,1-4H3. The van der Waals surface area contributed by atoms with Crippen molar-refractivity contribution in [2.24, 2.45) is 7.05 Å². The molecular weight excluding hydrogens is 312 g/mol. The molecule has 2 rings (SSSR count). The Labute approximate surface area is 139 Å². The van der Waals surface area contributed by atoms with Crippen LogP contribution in [0.4, 0.5) is 0 Å². The van der Waals surface area contributed by atoms with E-state index in [1.165, 1.54) is 18.9 Å². The van der Waals surface area contributed by atoms with Crippen LogP contribution in [-0.2, 0) is 17.5 Å². The zero-order valence-electron chi connectivity index (χ0n) is 13.7. The minimum absolute atomic E-state index is 0.0606. The molecule has 1 heterocycles. The second-order valence-electron chi connectivity index (χ2n) is 5.50. The first kappa shape index (κ1) is 17.3. The lowest BCUT2D eigenvalue weighted by atomic mass is 10.1. The molecule has 0 aliphatic carbocycles. The second-order valence-corrected chi connectivity index (χ2v) is 6.44. The van der Waals surface area contributed by atoms with Gasteiger partial charge in [0.15, 0.2) is 5.16 Å². The summed E-state index contributed by atoms with van der Waals surface area (Å²) in [5.41, 5.74) is 2.22. The van der Waals surface area contributed by atoms with E-state index in [0.29, 0.717) is 16.5 Å². The number of carbonyl (C=O) groups excluding carboxylic acids is 1. The molecule has 0 N–H and O–H groups in total. The molecule has 1 aromatic heterocycles. The van der Waals surface area contributed by atoms with Gasteiger partial charge in [-0.05, 0) is 23.6 Å². The van der Waals surface area contributed by atoms with Crippen molar-refractivity contribution in [1.29, 1.82) is 0 Å². The van der Waals surface area contributed by atoms with Gasteiger partial charge in [0.1, 0.15) is 0 Å². The van der Waals surface area contributed by atoms with E-state index >= 15 is 0 Å². The number of methoxy groups -OCH3 is 1. The summed E-state index contributed by atoms with van der Waals surface area (Å²) in [4.78, 5) is 28.1. The number of carbonyl (C=O) groups is 1. The zero-order chi connectivity index (χ0) is 17.0. The fourth-order valence-corrected chi connectivity index (χ4v) is 2.94. The maximum Gasteiger partial charge on any atom is 0.337 e. The molecule has 0 amide bonds. The maximum atomic E-state index is 12.0. The Kier molecular flexibility index (Phi) is 5.60. The van der Waals surface area contributed by atoms with Crippen molar-refractivity contribution in [2.75, 3.05) is 7.11 Å². The Balaban J connectivity index is 2.21. The van der Waals surface area contributed by atoms with Crippen LogP contribution in [0.5, 0.6) is 0 Å². The molecule has 23 heavy (non-hydrogen) atoms. The number of benzene rings is 1. The first-order chi connectivity index (χ1) is 10.9. The molecule has 122 valence electrons. The Morgan fingerprint density at radius 3 is 2.74 bits per heavy atom. The number of rotatable bonds is 5. The predicted molar refractivity (Wildman–Crippen MR) is 90.9 cm³/mol. The van der Waals surface area contributed by atoms with Gasteiger partial charge in [-0.15, -0.1) is 0 Å². The summed E-state index contributed by atoms with van der Waals surface area (Å²) >= 11 is 1.47. The molecule has 2 aromatic rings. The first-order valence-electron chi connectivity index (χ1n) is 7.30. The van der Waals surface area contributed by atoms with Gasteiger partial charge < -0.3 is 4.74 Å². The quantitative estimate of drug-likeness (QED) is 0.478. The van der Waals surface area contributed by atoms with Crippen molar-refractivity contribution in [1.82, 2.24) is 9.55 Å². The van der Waals surface area contributed by atoms with Crippen LogP contribution in [0.2, 0.25) is 0 Å². The average molecular weight is 332 g/mol. The van der Waals surface area contributed by atoms with E-state index in [1.54, 1.807) is 29.8 Å². The summed E-state index contributed by atoms with van der Waals surface area (Å²) in [6.45, 7) is 4.02. The number of esters is 1. The smallest absolute Gasteiger partial charge is 0.337 e. The highest BCUT2D eigenvalue weighted by Crippen LogP contribution is 2.22. The molecule has 0 aliphatic rings. The Hall–Kier alpha value is -2.08. The minimum Gasteiger partial charge on any atom is -0.465 e. The number of aromatic nitrogens is 2. The second kappa shape index (κ2) is 7.46. The summed E-state index contributed by atoms with van der Waals surface area (Å²) in [7, 11) is 3.08. The van der Waals surface area contributed by atoms with Crippen LogP contribution in [0.3, 0.4) is 0 Å². The lowest BCUT2D eigenvalue weighted by molar-refractivity contribution is 0.0600. The normalized spacial score (nSPS) is 10.8. The van der Waals surface area contributed by atoms with E-state index in [4.69, 9.17) is 4.74 Å². The maximum absolute atomic E-state index is 12.0. The fraction of sp³-hybridized carbons (Fsp3) is 0.353. The van der Waals surface area contributed by atoms with Gasteiger partial charge in [-0.25, -0.2) is 9.78 Å². The minimum atomic E-state index is -0.357. The third kappa shape index (κ3) is 4.22. The lowest BCUT2D eigenvalue weighted by Crippen LogP contribution is -2.20. The van der Waals surface area contributed by atoms with Crippen LogP contribution in [0, 0.1) is 0 Å². The highest BCUT2D eigenvalue weighted by molar-refractivity contribution is 7.98. The molecule has 0 unspecified atom stereocenters. The van der Waals surface area contributed by atoms with Crippen molar-refractivity contribution in [3.63, 3.8) is 0 Å². The van der Waals surface area contributed by atoms with Crippen LogP contribution < -0.4 is 5.56 Å². The Morgan fingerprint density at radius 2 is 2.09 bits per heavy atom. The zero-order valence-corrected chi connectivity index (χ0v) is 14.5. The number of hydrogen-bond acceptors (Lipinski definition) is 5. The van der Waals surface area contributed by atoms with Crippen LogP contribution in [-0.4, -0.2) is 22.6 Å². The molecule has 0 saturated carbocycles. The SMILES string of the molecule is COC(=O)c1cccc(CSc2nc(C(C)C)cc(=O)n2C)c1. The third-order valence-corrected chi connectivity index (χ3v) is 4.52. The number of nitrogens with zero attached hydrogens (tertiary/aromatic N) is 2. The molecule has 0 fully saturated rings. The van der Waals surface area contributed by atoms with Gasteiger partial charge in [-0.2, -0.15) is 0 Å². The molecule has 1 aromatic carbocycles. The average Bonchev–Trinajstić information content (AvgIpc) is 2.55. The molecular formula is C17H20N2O3S. The van der Waals surface area contributed by atoms with E-state index in [-0.39, 0.29) is 17.4 Å². The van der Waals surface area contributed by atoms with E-state index < -0.39 is 0 Å². The largest absolute Gasteiger partial charge is 0.465 e. The first-order valence-corrected chi connectivity index (χ1v) is 8.29. The summed E-state index contributed by atoms with van der Waals surface area (Å²) in [5.74, 6) is 0.460. The topological polar surface area (TPSA) is 61.2 Å². The van der Waals surface area contributed by atoms with Crippen LogP contribution in [0.1, 0.15) is 41.4 Å².